The molecule has 8 heteroatoms. The Kier molecular flexibility index (Phi) is 7.02. The van der Waals surface area contributed by atoms with Crippen molar-refractivity contribution in [3.8, 4) is 29.0 Å². The Hall–Kier alpha value is -3.59. The van der Waals surface area contributed by atoms with Gasteiger partial charge in [-0.05, 0) is 49.6 Å². The highest BCUT2D eigenvalue weighted by Crippen LogP contribution is 2.40. The van der Waals surface area contributed by atoms with Crippen LogP contribution in [0.3, 0.4) is 0 Å². The summed E-state index contributed by atoms with van der Waals surface area (Å²) in [5.74, 6) is 1.84. The molecule has 0 spiro atoms. The second kappa shape index (κ2) is 10.1. The van der Waals surface area contributed by atoms with Gasteiger partial charge in [-0.15, -0.1) is 11.8 Å². The zero-order valence-corrected chi connectivity index (χ0v) is 20.0. The standard InChI is InChI=1S/C26H25N5O2S/c1-26(2,32)17-33-20-8-6-19(7-9-20)23-21(13-27)24(31-11-4-12-31)30-25(22(23)14-28)34-16-18-5-3-10-29-15-18/h3,5-10,15,32H,4,11-12,16-17H2,1-2H3. The molecule has 34 heavy (non-hydrogen) atoms. The highest BCUT2D eigenvalue weighted by Gasteiger charge is 2.27. The summed E-state index contributed by atoms with van der Waals surface area (Å²) in [4.78, 5) is 11.0. The normalized spacial score (nSPS) is 13.0. The predicted octanol–water partition coefficient (Wildman–Crippen LogP) is 4.54. The maximum Gasteiger partial charge on any atom is 0.148 e. The molecule has 1 fully saturated rings. The van der Waals surface area contributed by atoms with Crippen LogP contribution in [0, 0.1) is 22.7 Å². The molecule has 0 atom stereocenters. The summed E-state index contributed by atoms with van der Waals surface area (Å²) in [6.45, 7) is 5.19. The molecule has 1 aliphatic heterocycles. The topological polar surface area (TPSA) is 106 Å². The van der Waals surface area contributed by atoms with Crippen molar-refractivity contribution in [3.63, 3.8) is 0 Å². The van der Waals surface area contributed by atoms with E-state index >= 15 is 0 Å². The molecule has 1 saturated heterocycles. The number of nitriles is 2. The molecular formula is C26H25N5O2S. The van der Waals surface area contributed by atoms with Crippen molar-refractivity contribution >= 4 is 17.6 Å². The lowest BCUT2D eigenvalue weighted by Crippen LogP contribution is -2.38. The Balaban J connectivity index is 1.75. The number of aliphatic hydroxyl groups is 1. The third kappa shape index (κ3) is 5.31. The largest absolute Gasteiger partial charge is 0.491 e. The predicted molar refractivity (Wildman–Crippen MR) is 132 cm³/mol. The highest BCUT2D eigenvalue weighted by molar-refractivity contribution is 7.98. The van der Waals surface area contributed by atoms with Gasteiger partial charge in [-0.2, -0.15) is 10.5 Å². The van der Waals surface area contributed by atoms with Crippen molar-refractivity contribution in [1.29, 1.82) is 10.5 Å². The summed E-state index contributed by atoms with van der Waals surface area (Å²) < 4.78 is 5.66. The maximum absolute atomic E-state index is 10.1. The Labute approximate surface area is 203 Å². The number of rotatable bonds is 8. The number of aromatic nitrogens is 2. The lowest BCUT2D eigenvalue weighted by molar-refractivity contribution is 0.0285. The smallest absolute Gasteiger partial charge is 0.148 e. The number of nitrogens with zero attached hydrogens (tertiary/aromatic N) is 5. The number of pyridine rings is 2. The molecule has 7 nitrogen and oxygen atoms in total. The van der Waals surface area contributed by atoms with Gasteiger partial charge < -0.3 is 14.7 Å². The van der Waals surface area contributed by atoms with Gasteiger partial charge in [0.2, 0.25) is 0 Å². The molecule has 3 aromatic rings. The fourth-order valence-corrected chi connectivity index (χ4v) is 4.44. The molecule has 0 bridgehead atoms. The summed E-state index contributed by atoms with van der Waals surface area (Å²) in [5, 5.41) is 30.7. The second-order valence-corrected chi connectivity index (χ2v) is 9.67. The number of hydrogen-bond acceptors (Lipinski definition) is 8. The van der Waals surface area contributed by atoms with Crippen LogP contribution in [0.2, 0.25) is 0 Å². The molecule has 3 heterocycles. The Morgan fingerprint density at radius 2 is 1.85 bits per heavy atom. The van der Waals surface area contributed by atoms with Crippen molar-refractivity contribution in [3.05, 3.63) is 65.5 Å². The Bertz CT molecular complexity index is 1240. The third-order valence-electron chi connectivity index (χ3n) is 5.36. The number of hydrogen-bond donors (Lipinski definition) is 1. The van der Waals surface area contributed by atoms with Gasteiger partial charge in [-0.1, -0.05) is 18.2 Å². The van der Waals surface area contributed by atoms with Crippen LogP contribution in [0.5, 0.6) is 5.75 Å². The van der Waals surface area contributed by atoms with E-state index in [4.69, 9.17) is 9.72 Å². The first-order valence-electron chi connectivity index (χ1n) is 11.0. The third-order valence-corrected chi connectivity index (χ3v) is 6.40. The number of ether oxygens (including phenoxy) is 1. The monoisotopic (exact) mass is 471 g/mol. The van der Waals surface area contributed by atoms with Crippen molar-refractivity contribution in [1.82, 2.24) is 9.97 Å². The van der Waals surface area contributed by atoms with E-state index in [1.165, 1.54) is 11.8 Å². The maximum atomic E-state index is 10.1. The zero-order valence-electron chi connectivity index (χ0n) is 19.2. The van der Waals surface area contributed by atoms with Gasteiger partial charge in [0.1, 0.15) is 40.9 Å². The van der Waals surface area contributed by atoms with E-state index in [2.05, 4.69) is 22.0 Å². The first-order valence-corrected chi connectivity index (χ1v) is 12.0. The van der Waals surface area contributed by atoms with Crippen LogP contribution in [0.15, 0.2) is 53.8 Å². The van der Waals surface area contributed by atoms with Gasteiger partial charge in [-0.25, -0.2) is 4.98 Å². The van der Waals surface area contributed by atoms with Gasteiger partial charge in [0.15, 0.2) is 0 Å². The molecule has 1 N–H and O–H groups in total. The minimum atomic E-state index is -0.946. The molecule has 0 unspecified atom stereocenters. The average molecular weight is 472 g/mol. The van der Waals surface area contributed by atoms with Crippen molar-refractivity contribution in [2.45, 2.75) is 36.6 Å². The minimum absolute atomic E-state index is 0.155. The van der Waals surface area contributed by atoms with Gasteiger partial charge >= 0.3 is 0 Å². The summed E-state index contributed by atoms with van der Waals surface area (Å²) in [6.07, 6.45) is 4.57. The SMILES string of the molecule is CC(C)(O)COc1ccc(-c2c(C#N)c(SCc3cccnc3)nc(N3CCC3)c2C#N)cc1. The number of benzene rings is 1. The summed E-state index contributed by atoms with van der Waals surface area (Å²) in [6, 6.07) is 15.7. The van der Waals surface area contributed by atoms with E-state index in [1.54, 1.807) is 38.4 Å². The van der Waals surface area contributed by atoms with E-state index in [0.717, 1.165) is 30.6 Å². The first-order chi connectivity index (χ1) is 16.4. The molecule has 2 aromatic heterocycles. The Morgan fingerprint density at radius 3 is 2.41 bits per heavy atom. The summed E-state index contributed by atoms with van der Waals surface area (Å²) >= 11 is 1.47. The van der Waals surface area contributed by atoms with Gasteiger partial charge in [0, 0.05) is 36.8 Å². The van der Waals surface area contributed by atoms with Gasteiger partial charge in [-0.3, -0.25) is 4.98 Å². The quantitative estimate of drug-likeness (QED) is 0.477. The van der Waals surface area contributed by atoms with Crippen molar-refractivity contribution in [2.24, 2.45) is 0 Å². The molecule has 0 aliphatic carbocycles. The van der Waals surface area contributed by atoms with E-state index in [0.29, 0.717) is 39.0 Å². The first kappa shape index (κ1) is 23.6. The molecule has 1 aliphatic rings. The second-order valence-electron chi connectivity index (χ2n) is 8.71. The van der Waals surface area contributed by atoms with Crippen molar-refractivity contribution < 1.29 is 9.84 Å². The van der Waals surface area contributed by atoms with E-state index in [-0.39, 0.29) is 6.61 Å². The number of anilines is 1. The molecule has 1 aromatic carbocycles. The fraction of sp³-hybridized carbons (Fsp3) is 0.308. The molecule has 0 amide bonds. The van der Waals surface area contributed by atoms with Crippen LogP contribution < -0.4 is 9.64 Å². The minimum Gasteiger partial charge on any atom is -0.491 e. The van der Waals surface area contributed by atoms with Gasteiger partial charge in [0.05, 0.1) is 11.2 Å². The van der Waals surface area contributed by atoms with Gasteiger partial charge in [0.25, 0.3) is 0 Å². The van der Waals surface area contributed by atoms with Crippen LogP contribution in [0.1, 0.15) is 37.0 Å². The lowest BCUT2D eigenvalue weighted by Gasteiger charge is -2.33. The fourth-order valence-electron chi connectivity index (χ4n) is 3.52. The highest BCUT2D eigenvalue weighted by atomic mass is 32.2. The lowest BCUT2D eigenvalue weighted by atomic mass is 9.96. The summed E-state index contributed by atoms with van der Waals surface area (Å²) in [7, 11) is 0. The molecule has 172 valence electrons. The van der Waals surface area contributed by atoms with E-state index < -0.39 is 5.60 Å². The van der Waals surface area contributed by atoms with Crippen LogP contribution in [-0.4, -0.2) is 40.4 Å². The van der Waals surface area contributed by atoms with Crippen LogP contribution in [0.25, 0.3) is 11.1 Å². The van der Waals surface area contributed by atoms with E-state index in [1.807, 2.05) is 24.3 Å². The number of thioether (sulfide) groups is 1. The van der Waals surface area contributed by atoms with Crippen LogP contribution in [0.4, 0.5) is 5.82 Å². The average Bonchev–Trinajstić information content (AvgIpc) is 2.80. The Morgan fingerprint density at radius 1 is 1.12 bits per heavy atom. The molecule has 0 saturated carbocycles. The van der Waals surface area contributed by atoms with Crippen LogP contribution >= 0.6 is 11.8 Å². The molecule has 0 radical (unpaired) electrons. The molecular weight excluding hydrogens is 446 g/mol. The van der Waals surface area contributed by atoms with Crippen LogP contribution in [-0.2, 0) is 5.75 Å². The van der Waals surface area contributed by atoms with E-state index in [9.17, 15) is 15.6 Å². The zero-order chi connectivity index (χ0) is 24.1. The summed E-state index contributed by atoms with van der Waals surface area (Å²) in [5.41, 5.74) is 2.22. The molecule has 4 rings (SSSR count). The van der Waals surface area contributed by atoms with Crippen molar-refractivity contribution in [2.75, 3.05) is 24.6 Å².